The lowest BCUT2D eigenvalue weighted by Gasteiger charge is -2.32. The maximum atomic E-state index is 6.25. The Morgan fingerprint density at radius 3 is 2.48 bits per heavy atom. The van der Waals surface area contributed by atoms with Crippen molar-refractivity contribution in [2.45, 2.75) is 61.9 Å². The van der Waals surface area contributed by atoms with E-state index in [-0.39, 0.29) is 24.4 Å². The molecule has 1 fully saturated rings. The van der Waals surface area contributed by atoms with Gasteiger partial charge in [-0.05, 0) is 63.8 Å². The zero-order chi connectivity index (χ0) is 19.0. The molecule has 27 heavy (non-hydrogen) atoms. The van der Waals surface area contributed by atoms with Crippen LogP contribution in [0.25, 0.3) is 11.0 Å². The number of rotatable bonds is 1. The molecule has 2 aliphatic heterocycles. The minimum absolute atomic E-state index is 0.214. The Kier molecular flexibility index (Phi) is 3.62. The first-order valence-corrected chi connectivity index (χ1v) is 10.2. The number of hydrogen-bond donors (Lipinski definition) is 0. The highest BCUT2D eigenvalue weighted by molar-refractivity contribution is 7.99. The Labute approximate surface area is 164 Å². The summed E-state index contributed by atoms with van der Waals surface area (Å²) in [5, 5.41) is 1.06. The van der Waals surface area contributed by atoms with Crippen LogP contribution in [0.4, 0.5) is 0 Å². The van der Waals surface area contributed by atoms with E-state index in [9.17, 15) is 0 Å². The summed E-state index contributed by atoms with van der Waals surface area (Å²) in [5.41, 5.74) is 3.93. The fraction of sp³-hybridized carbons (Fsp3) is 0.381. The van der Waals surface area contributed by atoms with Crippen LogP contribution < -0.4 is 5.46 Å². The van der Waals surface area contributed by atoms with E-state index in [2.05, 4.69) is 75.6 Å². The summed E-state index contributed by atoms with van der Waals surface area (Å²) in [4.78, 5) is 6.07. The van der Waals surface area contributed by atoms with E-state index in [4.69, 9.17) is 14.3 Å². The van der Waals surface area contributed by atoms with Crippen molar-refractivity contribution in [2.24, 2.45) is 0 Å². The molecule has 2 aromatic carbocycles. The van der Waals surface area contributed by atoms with E-state index in [1.165, 1.54) is 16.0 Å². The van der Waals surface area contributed by atoms with E-state index in [1.54, 1.807) is 11.8 Å². The maximum Gasteiger partial charge on any atom is 0.494 e. The Morgan fingerprint density at radius 2 is 1.74 bits per heavy atom. The van der Waals surface area contributed by atoms with Crippen LogP contribution in [0.3, 0.4) is 0 Å². The van der Waals surface area contributed by atoms with Gasteiger partial charge in [-0.15, -0.1) is 0 Å². The molecule has 0 radical (unpaired) electrons. The molecule has 6 heteroatoms. The summed E-state index contributed by atoms with van der Waals surface area (Å²) in [6.45, 7) is 10.6. The number of nitrogens with zero attached hydrogens (tertiary/aromatic N) is 2. The van der Waals surface area contributed by atoms with E-state index in [0.717, 1.165) is 16.1 Å². The van der Waals surface area contributed by atoms with Crippen molar-refractivity contribution >= 4 is 35.4 Å². The first-order valence-electron chi connectivity index (χ1n) is 9.41. The summed E-state index contributed by atoms with van der Waals surface area (Å²) in [6, 6.07) is 15.1. The second kappa shape index (κ2) is 5.63. The maximum absolute atomic E-state index is 6.25. The molecule has 3 heterocycles. The molecule has 0 bridgehead atoms. The Balaban J connectivity index is 1.56. The number of aromatic nitrogens is 2. The van der Waals surface area contributed by atoms with Gasteiger partial charge in [-0.1, -0.05) is 36.0 Å². The van der Waals surface area contributed by atoms with Gasteiger partial charge >= 0.3 is 7.12 Å². The predicted molar refractivity (Wildman–Crippen MR) is 110 cm³/mol. The fourth-order valence-corrected chi connectivity index (χ4v) is 5.00. The monoisotopic (exact) mass is 378 g/mol. The van der Waals surface area contributed by atoms with Crippen LogP contribution in [0.5, 0.6) is 0 Å². The van der Waals surface area contributed by atoms with E-state index in [0.29, 0.717) is 0 Å². The van der Waals surface area contributed by atoms with Gasteiger partial charge in [0.2, 0.25) is 0 Å². The van der Waals surface area contributed by atoms with Crippen LogP contribution in [0, 0.1) is 0 Å². The first kappa shape index (κ1) is 17.4. The molecule has 0 aliphatic carbocycles. The van der Waals surface area contributed by atoms with Crippen LogP contribution in [-0.4, -0.2) is 27.9 Å². The minimum Gasteiger partial charge on any atom is -0.399 e. The quantitative estimate of drug-likeness (QED) is 0.588. The van der Waals surface area contributed by atoms with E-state index < -0.39 is 0 Å². The Bertz CT molecular complexity index is 1040. The lowest BCUT2D eigenvalue weighted by molar-refractivity contribution is 0.00578. The first-order chi connectivity index (χ1) is 12.8. The van der Waals surface area contributed by atoms with Gasteiger partial charge in [-0.25, -0.2) is 4.98 Å². The summed E-state index contributed by atoms with van der Waals surface area (Å²) in [7, 11) is -0.335. The molecule has 1 unspecified atom stereocenters. The third kappa shape index (κ3) is 2.50. The Hall–Kier alpha value is -1.76. The second-order valence-electron chi connectivity index (χ2n) is 8.42. The van der Waals surface area contributed by atoms with Crippen LogP contribution in [0.15, 0.2) is 52.5 Å². The average Bonchev–Trinajstić information content (AvgIpc) is 3.08. The van der Waals surface area contributed by atoms with Gasteiger partial charge in [-0.2, -0.15) is 0 Å². The number of fused-ring (bicyclic) bond motifs is 4. The van der Waals surface area contributed by atoms with Gasteiger partial charge in [0.25, 0.3) is 0 Å². The standard InChI is InChI=1S/C21H23BN2O2S/c1-13-15-12-14(22-25-20(2,3)21(4,5)26-22)10-11-18(15)27-19-23-16-8-6-7-9-17(16)24(13)19/h6-13H,1-5H3. The van der Waals surface area contributed by atoms with Gasteiger partial charge in [0.05, 0.1) is 28.3 Å². The molecule has 138 valence electrons. The number of imidazole rings is 1. The topological polar surface area (TPSA) is 36.3 Å². The predicted octanol–water partition coefficient (Wildman–Crippen LogP) is 4.41. The normalized spacial score (nSPS) is 22.7. The van der Waals surface area contributed by atoms with Gasteiger partial charge in [-0.3, -0.25) is 0 Å². The molecule has 3 aromatic rings. The summed E-state index contributed by atoms with van der Waals surface area (Å²) in [5.74, 6) is 0. The average molecular weight is 378 g/mol. The minimum atomic E-state index is -0.335. The highest BCUT2D eigenvalue weighted by Gasteiger charge is 2.51. The largest absolute Gasteiger partial charge is 0.494 e. The van der Waals surface area contributed by atoms with Crippen molar-refractivity contribution in [1.82, 2.24) is 9.55 Å². The molecule has 0 spiro atoms. The third-order valence-corrected chi connectivity index (χ3v) is 7.22. The summed E-state index contributed by atoms with van der Waals surface area (Å²) >= 11 is 1.73. The molecule has 5 rings (SSSR count). The third-order valence-electron chi connectivity index (χ3n) is 6.16. The molecule has 1 saturated heterocycles. The molecule has 0 N–H and O–H groups in total. The lowest BCUT2D eigenvalue weighted by atomic mass is 9.78. The van der Waals surface area contributed by atoms with Crippen molar-refractivity contribution in [1.29, 1.82) is 0 Å². The van der Waals surface area contributed by atoms with Crippen molar-refractivity contribution in [3.8, 4) is 0 Å². The summed E-state index contributed by atoms with van der Waals surface area (Å²) in [6.07, 6.45) is 0. The van der Waals surface area contributed by atoms with Crippen LogP contribution >= 0.6 is 11.8 Å². The zero-order valence-electron chi connectivity index (χ0n) is 16.3. The molecule has 1 aromatic heterocycles. The summed E-state index contributed by atoms with van der Waals surface area (Å²) < 4.78 is 14.8. The number of hydrogen-bond acceptors (Lipinski definition) is 4. The van der Waals surface area contributed by atoms with Crippen molar-refractivity contribution < 1.29 is 9.31 Å². The van der Waals surface area contributed by atoms with Gasteiger partial charge in [0.1, 0.15) is 0 Å². The SMILES string of the molecule is CC1c2cc(B3OC(C)(C)C(C)(C)O3)ccc2Sc2nc3ccccc3n21. The van der Waals surface area contributed by atoms with Crippen LogP contribution in [-0.2, 0) is 9.31 Å². The molecule has 4 nitrogen and oxygen atoms in total. The van der Waals surface area contributed by atoms with Crippen LogP contribution in [0.2, 0.25) is 0 Å². The van der Waals surface area contributed by atoms with Gasteiger partial charge in [0.15, 0.2) is 5.16 Å². The molecular formula is C21H23BN2O2S. The number of benzene rings is 2. The van der Waals surface area contributed by atoms with Crippen molar-refractivity contribution in [3.05, 3.63) is 48.0 Å². The molecular weight excluding hydrogens is 355 g/mol. The van der Waals surface area contributed by atoms with E-state index >= 15 is 0 Å². The number of para-hydroxylation sites is 2. The molecule has 0 saturated carbocycles. The van der Waals surface area contributed by atoms with Gasteiger partial charge < -0.3 is 13.9 Å². The smallest absolute Gasteiger partial charge is 0.399 e. The van der Waals surface area contributed by atoms with Crippen molar-refractivity contribution in [2.75, 3.05) is 0 Å². The zero-order valence-corrected chi connectivity index (χ0v) is 17.1. The lowest BCUT2D eigenvalue weighted by Crippen LogP contribution is -2.41. The molecule has 0 amide bonds. The van der Waals surface area contributed by atoms with E-state index in [1.807, 2.05) is 6.07 Å². The fourth-order valence-electron chi connectivity index (χ4n) is 3.82. The highest BCUT2D eigenvalue weighted by atomic mass is 32.2. The highest BCUT2D eigenvalue weighted by Crippen LogP contribution is 2.43. The van der Waals surface area contributed by atoms with Gasteiger partial charge in [0, 0.05) is 4.90 Å². The second-order valence-corrected chi connectivity index (χ2v) is 9.43. The molecule has 1 atom stereocenters. The van der Waals surface area contributed by atoms with Crippen LogP contribution in [0.1, 0.15) is 46.2 Å². The molecule has 2 aliphatic rings. The van der Waals surface area contributed by atoms with Crippen molar-refractivity contribution in [3.63, 3.8) is 0 Å². The Morgan fingerprint density at radius 1 is 1.04 bits per heavy atom.